The van der Waals surface area contributed by atoms with Gasteiger partial charge in [0.1, 0.15) is 0 Å². The SMILES string of the molecule is [Si]CCc1cccnc1-c1ncccc1CC[Si]. The van der Waals surface area contributed by atoms with Crippen molar-refractivity contribution in [3.8, 4) is 11.4 Å². The van der Waals surface area contributed by atoms with E-state index in [1.807, 2.05) is 24.5 Å². The van der Waals surface area contributed by atoms with Gasteiger partial charge in [0.2, 0.25) is 0 Å². The molecular weight excluding hydrogens is 252 g/mol. The van der Waals surface area contributed by atoms with Gasteiger partial charge in [0.05, 0.1) is 11.4 Å². The fourth-order valence-electron chi connectivity index (χ4n) is 1.98. The lowest BCUT2D eigenvalue weighted by Crippen LogP contribution is -1.99. The van der Waals surface area contributed by atoms with E-state index in [2.05, 4.69) is 42.6 Å². The van der Waals surface area contributed by atoms with Crippen LogP contribution >= 0.6 is 0 Å². The summed E-state index contributed by atoms with van der Waals surface area (Å²) in [4.78, 5) is 9.02. The van der Waals surface area contributed by atoms with Crippen molar-refractivity contribution < 1.29 is 0 Å². The second-order valence-corrected chi connectivity index (χ2v) is 5.02. The molecule has 0 N–H and O–H groups in total. The maximum Gasteiger partial charge on any atom is 0.0920 e. The van der Waals surface area contributed by atoms with E-state index < -0.39 is 0 Å². The highest BCUT2D eigenvalue weighted by atomic mass is 28.1. The quantitative estimate of drug-likeness (QED) is 0.777. The molecule has 88 valence electrons. The van der Waals surface area contributed by atoms with Gasteiger partial charge in [-0.1, -0.05) is 24.2 Å². The molecule has 0 aromatic carbocycles. The van der Waals surface area contributed by atoms with E-state index in [-0.39, 0.29) is 0 Å². The van der Waals surface area contributed by atoms with Crippen LogP contribution in [0.15, 0.2) is 36.7 Å². The van der Waals surface area contributed by atoms with Crippen LogP contribution in [0.2, 0.25) is 12.1 Å². The summed E-state index contributed by atoms with van der Waals surface area (Å²) in [5.74, 6) is 0. The molecule has 0 atom stereocenters. The van der Waals surface area contributed by atoms with Crippen molar-refractivity contribution in [1.29, 1.82) is 0 Å². The Morgan fingerprint density at radius 2 is 1.22 bits per heavy atom. The number of hydrogen-bond acceptors (Lipinski definition) is 2. The van der Waals surface area contributed by atoms with Crippen molar-refractivity contribution in [1.82, 2.24) is 9.97 Å². The van der Waals surface area contributed by atoms with Crippen molar-refractivity contribution in [3.63, 3.8) is 0 Å². The molecule has 2 heterocycles. The van der Waals surface area contributed by atoms with E-state index in [9.17, 15) is 0 Å². The molecule has 0 saturated carbocycles. The maximum absolute atomic E-state index is 4.51. The highest BCUT2D eigenvalue weighted by Gasteiger charge is 2.10. The van der Waals surface area contributed by atoms with Gasteiger partial charge in [-0.25, -0.2) is 0 Å². The topological polar surface area (TPSA) is 25.8 Å². The molecule has 0 fully saturated rings. The molecule has 0 saturated heterocycles. The Kier molecular flexibility index (Phi) is 4.84. The number of nitrogens with zero attached hydrogens (tertiary/aromatic N) is 2. The molecule has 4 heteroatoms. The lowest BCUT2D eigenvalue weighted by Gasteiger charge is -2.10. The van der Waals surface area contributed by atoms with E-state index in [1.165, 1.54) is 11.1 Å². The third kappa shape index (κ3) is 2.94. The number of aromatic nitrogens is 2. The van der Waals surface area contributed by atoms with Crippen LogP contribution in [0.25, 0.3) is 11.4 Å². The van der Waals surface area contributed by atoms with Gasteiger partial charge in [-0.15, -0.1) is 0 Å². The molecule has 2 aromatic rings. The van der Waals surface area contributed by atoms with Gasteiger partial charge in [-0.05, 0) is 36.1 Å². The Morgan fingerprint density at radius 1 is 0.778 bits per heavy atom. The first-order valence-corrected chi connectivity index (χ1v) is 7.45. The van der Waals surface area contributed by atoms with Crippen LogP contribution in [0.4, 0.5) is 0 Å². The second kappa shape index (κ2) is 6.61. The van der Waals surface area contributed by atoms with Crippen LogP contribution in [-0.2, 0) is 12.8 Å². The summed E-state index contributed by atoms with van der Waals surface area (Å²) >= 11 is 0. The van der Waals surface area contributed by atoms with Gasteiger partial charge < -0.3 is 0 Å². The standard InChI is InChI=1S/C14H14N2Si2/c17-9-5-11-3-1-7-15-13(11)14-12(6-10-18)4-2-8-16-14/h1-4,7-8H,5-6,9-10H2. The predicted molar refractivity (Wildman–Crippen MR) is 76.0 cm³/mol. The minimum Gasteiger partial charge on any atom is -0.254 e. The van der Waals surface area contributed by atoms with Crippen LogP contribution in [0, 0.1) is 0 Å². The molecule has 2 aromatic heterocycles. The zero-order chi connectivity index (χ0) is 12.8. The van der Waals surface area contributed by atoms with Crippen LogP contribution in [0.3, 0.4) is 0 Å². The Bertz CT molecular complexity index is 467. The minimum absolute atomic E-state index is 0.930. The van der Waals surface area contributed by atoms with Gasteiger partial charge in [0.25, 0.3) is 0 Å². The average Bonchev–Trinajstić information content (AvgIpc) is 2.41. The van der Waals surface area contributed by atoms with Gasteiger partial charge in [0.15, 0.2) is 0 Å². The molecule has 2 nitrogen and oxygen atoms in total. The molecule has 18 heavy (non-hydrogen) atoms. The molecule has 2 rings (SSSR count). The lowest BCUT2D eigenvalue weighted by atomic mass is 10.0. The van der Waals surface area contributed by atoms with Crippen molar-refractivity contribution in [2.45, 2.75) is 24.9 Å². The van der Waals surface area contributed by atoms with Crippen LogP contribution in [-0.4, -0.2) is 30.5 Å². The highest BCUT2D eigenvalue weighted by Crippen LogP contribution is 2.24. The molecule has 0 unspecified atom stereocenters. The average molecular weight is 266 g/mol. The van der Waals surface area contributed by atoms with E-state index in [0.29, 0.717) is 0 Å². The predicted octanol–water partition coefficient (Wildman–Crippen LogP) is 2.40. The first kappa shape index (κ1) is 13.2. The van der Waals surface area contributed by atoms with E-state index in [4.69, 9.17) is 0 Å². The summed E-state index contributed by atoms with van der Waals surface area (Å²) in [6, 6.07) is 10.1. The van der Waals surface area contributed by atoms with Crippen LogP contribution < -0.4 is 0 Å². The van der Waals surface area contributed by atoms with Crippen molar-refractivity contribution in [2.24, 2.45) is 0 Å². The first-order chi connectivity index (χ1) is 8.86. The summed E-state index contributed by atoms with van der Waals surface area (Å²) in [5.41, 5.74) is 4.49. The first-order valence-electron chi connectivity index (χ1n) is 6.04. The number of hydrogen-bond donors (Lipinski definition) is 0. The summed E-state index contributed by atoms with van der Waals surface area (Å²) in [7, 11) is 7.07. The molecule has 0 aliphatic carbocycles. The van der Waals surface area contributed by atoms with Gasteiger partial charge in [-0.2, -0.15) is 0 Å². The molecule has 6 radical (unpaired) electrons. The van der Waals surface area contributed by atoms with Gasteiger partial charge >= 0.3 is 0 Å². The van der Waals surface area contributed by atoms with E-state index in [0.717, 1.165) is 36.3 Å². The molecule has 0 bridgehead atoms. The van der Waals surface area contributed by atoms with Crippen LogP contribution in [0.1, 0.15) is 11.1 Å². The zero-order valence-electron chi connectivity index (χ0n) is 10.2. The molecule has 0 amide bonds. The van der Waals surface area contributed by atoms with Crippen LogP contribution in [0.5, 0.6) is 0 Å². The summed E-state index contributed by atoms with van der Waals surface area (Å²) in [6.07, 6.45) is 5.59. The zero-order valence-corrected chi connectivity index (χ0v) is 12.2. The minimum atomic E-state index is 0.930. The van der Waals surface area contributed by atoms with E-state index >= 15 is 0 Å². The van der Waals surface area contributed by atoms with Crippen molar-refractivity contribution in [3.05, 3.63) is 47.8 Å². The molecule has 0 aliphatic rings. The lowest BCUT2D eigenvalue weighted by molar-refractivity contribution is 1.06. The second-order valence-electron chi connectivity index (χ2n) is 4.02. The molecule has 0 spiro atoms. The number of aryl methyl sites for hydroxylation is 2. The molecular formula is C14H14N2Si2. The molecule has 0 aliphatic heterocycles. The summed E-state index contributed by atoms with van der Waals surface area (Å²) in [6.45, 7) is 0. The van der Waals surface area contributed by atoms with Crippen molar-refractivity contribution in [2.75, 3.05) is 0 Å². The summed E-state index contributed by atoms with van der Waals surface area (Å²) < 4.78 is 0. The third-order valence-corrected chi connectivity index (χ3v) is 3.30. The summed E-state index contributed by atoms with van der Waals surface area (Å²) in [5, 5.41) is 0. The Morgan fingerprint density at radius 3 is 1.61 bits per heavy atom. The highest BCUT2D eigenvalue weighted by molar-refractivity contribution is 6.08. The Balaban J connectivity index is 2.47. The fraction of sp³-hybridized carbons (Fsp3) is 0.286. The number of rotatable bonds is 5. The normalized spacial score (nSPS) is 10.6. The Hall–Kier alpha value is -1.27. The van der Waals surface area contributed by atoms with Gasteiger partial charge in [-0.3, -0.25) is 9.97 Å². The maximum atomic E-state index is 4.51. The fourth-order valence-corrected chi connectivity index (χ4v) is 2.52. The number of pyridine rings is 2. The largest absolute Gasteiger partial charge is 0.254 e. The van der Waals surface area contributed by atoms with E-state index in [1.54, 1.807) is 0 Å². The third-order valence-electron chi connectivity index (χ3n) is 2.80. The smallest absolute Gasteiger partial charge is 0.0920 e. The Labute approximate surface area is 115 Å². The van der Waals surface area contributed by atoms with Crippen molar-refractivity contribution >= 4 is 20.5 Å². The monoisotopic (exact) mass is 266 g/mol. The van der Waals surface area contributed by atoms with Gasteiger partial charge in [0, 0.05) is 32.9 Å².